The van der Waals surface area contributed by atoms with Crippen LogP contribution in [-0.2, 0) is 11.2 Å². The molecule has 0 fully saturated rings. The molecule has 30 heavy (non-hydrogen) atoms. The molecule has 3 aromatic rings. The van der Waals surface area contributed by atoms with E-state index in [0.29, 0.717) is 22.8 Å². The molecule has 0 bridgehead atoms. The highest BCUT2D eigenvalue weighted by atomic mass is 19.1. The Kier molecular flexibility index (Phi) is 6.32. The van der Waals surface area contributed by atoms with Gasteiger partial charge < -0.3 is 10.4 Å². The Bertz CT molecular complexity index is 1080. The quantitative estimate of drug-likeness (QED) is 0.584. The second-order valence-corrected chi connectivity index (χ2v) is 6.58. The molecule has 0 aromatic heterocycles. The predicted molar refractivity (Wildman–Crippen MR) is 105 cm³/mol. The van der Waals surface area contributed by atoms with Crippen LogP contribution < -0.4 is 5.32 Å². The monoisotopic (exact) mass is 409 g/mol. The minimum atomic E-state index is -1.34. The van der Waals surface area contributed by atoms with Crippen LogP contribution in [0.5, 0.6) is 0 Å². The normalized spacial score (nSPS) is 11.5. The van der Waals surface area contributed by atoms with Gasteiger partial charge in [0.25, 0.3) is 5.91 Å². The number of hydrogen-bond acceptors (Lipinski definition) is 3. The summed E-state index contributed by atoms with van der Waals surface area (Å²) < 4.78 is 26.8. The van der Waals surface area contributed by atoms with Crippen LogP contribution in [0.1, 0.15) is 31.8 Å². The van der Waals surface area contributed by atoms with Crippen LogP contribution in [0.2, 0.25) is 0 Å². The third kappa shape index (κ3) is 4.94. The van der Waals surface area contributed by atoms with Crippen LogP contribution in [0.4, 0.5) is 8.78 Å². The van der Waals surface area contributed by atoms with E-state index >= 15 is 0 Å². The Balaban J connectivity index is 1.71. The number of aliphatic carboxylic acids is 1. The maximum absolute atomic E-state index is 13.8. The van der Waals surface area contributed by atoms with Crippen LogP contribution in [0, 0.1) is 11.6 Å². The summed E-state index contributed by atoms with van der Waals surface area (Å²) in [5, 5.41) is 11.6. The zero-order valence-corrected chi connectivity index (χ0v) is 15.6. The molecule has 0 aliphatic carbocycles. The first kappa shape index (κ1) is 20.9. The summed E-state index contributed by atoms with van der Waals surface area (Å²) in [4.78, 5) is 36.2. The first-order valence-corrected chi connectivity index (χ1v) is 9.02. The molecular weight excluding hydrogens is 392 g/mol. The largest absolute Gasteiger partial charge is 0.480 e. The summed E-state index contributed by atoms with van der Waals surface area (Å²) in [6.07, 6.45) is -0.0797. The van der Waals surface area contributed by atoms with Crippen molar-refractivity contribution in [2.75, 3.05) is 0 Å². The van der Waals surface area contributed by atoms with Gasteiger partial charge in [-0.15, -0.1) is 0 Å². The van der Waals surface area contributed by atoms with Crippen molar-refractivity contribution in [2.24, 2.45) is 0 Å². The molecule has 7 heteroatoms. The summed E-state index contributed by atoms with van der Waals surface area (Å²) in [5.41, 5.74) is 1.08. The zero-order chi connectivity index (χ0) is 21.7. The molecule has 0 aliphatic rings. The van der Waals surface area contributed by atoms with Crippen LogP contribution in [0.25, 0.3) is 0 Å². The molecule has 1 amide bonds. The first-order valence-electron chi connectivity index (χ1n) is 9.02. The van der Waals surface area contributed by atoms with E-state index in [1.54, 1.807) is 54.6 Å². The number of halogens is 2. The summed E-state index contributed by atoms with van der Waals surface area (Å²) in [6.45, 7) is 0. The molecule has 2 N–H and O–H groups in total. The Morgan fingerprint density at radius 2 is 1.50 bits per heavy atom. The van der Waals surface area contributed by atoms with Gasteiger partial charge in [-0.3, -0.25) is 9.59 Å². The lowest BCUT2D eigenvalue weighted by molar-refractivity contribution is -0.139. The Morgan fingerprint density at radius 1 is 0.867 bits per heavy atom. The van der Waals surface area contributed by atoms with Crippen molar-refractivity contribution in [1.82, 2.24) is 5.32 Å². The van der Waals surface area contributed by atoms with Crippen molar-refractivity contribution in [1.29, 1.82) is 0 Å². The van der Waals surface area contributed by atoms with Crippen LogP contribution >= 0.6 is 0 Å². The molecule has 3 aromatic carbocycles. The average Bonchev–Trinajstić information content (AvgIpc) is 2.73. The van der Waals surface area contributed by atoms with Crippen LogP contribution in [0.3, 0.4) is 0 Å². The second-order valence-electron chi connectivity index (χ2n) is 6.58. The molecular formula is C23H17F2NO4. The van der Waals surface area contributed by atoms with E-state index in [1.165, 1.54) is 0 Å². The van der Waals surface area contributed by atoms with E-state index in [-0.39, 0.29) is 12.2 Å². The van der Waals surface area contributed by atoms with Crippen molar-refractivity contribution < 1.29 is 28.3 Å². The molecule has 0 saturated carbocycles. The number of carboxylic acids is 1. The van der Waals surface area contributed by atoms with Gasteiger partial charge in [0.05, 0.1) is 5.56 Å². The molecule has 1 atom stereocenters. The summed E-state index contributed by atoms with van der Waals surface area (Å²) in [5.74, 6) is -4.37. The minimum Gasteiger partial charge on any atom is -0.480 e. The molecule has 0 unspecified atom stereocenters. The van der Waals surface area contributed by atoms with E-state index in [2.05, 4.69) is 5.32 Å². The predicted octanol–water partition coefficient (Wildman–Crippen LogP) is 3.62. The molecule has 152 valence electrons. The van der Waals surface area contributed by atoms with Crippen molar-refractivity contribution in [3.8, 4) is 0 Å². The molecule has 3 rings (SSSR count). The fourth-order valence-electron chi connectivity index (χ4n) is 2.89. The van der Waals surface area contributed by atoms with Gasteiger partial charge in [0.1, 0.15) is 17.7 Å². The number of benzene rings is 3. The SMILES string of the molecule is O=C(c1ccccc1)c1ccc(C[C@@H](NC(=O)c2ccc(F)cc2F)C(=O)O)cc1. The van der Waals surface area contributed by atoms with Gasteiger partial charge in [0, 0.05) is 23.6 Å². The first-order chi connectivity index (χ1) is 14.3. The van der Waals surface area contributed by atoms with Gasteiger partial charge in [-0.25, -0.2) is 13.6 Å². The van der Waals surface area contributed by atoms with Gasteiger partial charge in [-0.1, -0.05) is 54.6 Å². The number of rotatable bonds is 7. The van der Waals surface area contributed by atoms with E-state index in [9.17, 15) is 28.3 Å². The Hall–Kier alpha value is -3.87. The lowest BCUT2D eigenvalue weighted by Crippen LogP contribution is -2.42. The number of ketones is 1. The van der Waals surface area contributed by atoms with Crippen LogP contribution in [-0.4, -0.2) is 28.8 Å². The van der Waals surface area contributed by atoms with Crippen molar-refractivity contribution >= 4 is 17.7 Å². The van der Waals surface area contributed by atoms with E-state index < -0.39 is 35.1 Å². The maximum atomic E-state index is 13.8. The standard InChI is InChI=1S/C23H17F2NO4/c24-17-10-11-18(19(25)13-17)22(28)26-20(23(29)30)12-14-6-8-16(9-7-14)21(27)15-4-2-1-3-5-15/h1-11,13,20H,12H2,(H,26,28)(H,29,30)/t20-/m1/s1. The van der Waals surface area contributed by atoms with E-state index in [0.717, 1.165) is 12.1 Å². The zero-order valence-electron chi connectivity index (χ0n) is 15.6. The van der Waals surface area contributed by atoms with E-state index in [4.69, 9.17) is 0 Å². The lowest BCUT2D eigenvalue weighted by atomic mass is 9.99. The topological polar surface area (TPSA) is 83.5 Å². The number of carbonyl (C=O) groups is 3. The molecule has 5 nitrogen and oxygen atoms in total. The molecule has 0 radical (unpaired) electrons. The van der Waals surface area contributed by atoms with Gasteiger partial charge >= 0.3 is 5.97 Å². The number of nitrogens with one attached hydrogen (secondary N) is 1. The van der Waals surface area contributed by atoms with Crippen LogP contribution in [0.15, 0.2) is 72.8 Å². The fourth-order valence-corrected chi connectivity index (χ4v) is 2.89. The molecule has 0 heterocycles. The highest BCUT2D eigenvalue weighted by molar-refractivity contribution is 6.08. The van der Waals surface area contributed by atoms with Gasteiger partial charge in [-0.05, 0) is 17.7 Å². The molecule has 0 spiro atoms. The number of hydrogen-bond donors (Lipinski definition) is 2. The van der Waals surface area contributed by atoms with Crippen molar-refractivity contribution in [3.63, 3.8) is 0 Å². The third-order valence-corrected chi connectivity index (χ3v) is 4.47. The van der Waals surface area contributed by atoms with Crippen molar-refractivity contribution in [3.05, 3.63) is 107 Å². The fraction of sp³-hybridized carbons (Fsp3) is 0.0870. The highest BCUT2D eigenvalue weighted by Crippen LogP contribution is 2.14. The number of amides is 1. The Morgan fingerprint density at radius 3 is 2.10 bits per heavy atom. The highest BCUT2D eigenvalue weighted by Gasteiger charge is 2.23. The number of carbonyl (C=O) groups excluding carboxylic acids is 2. The second kappa shape index (κ2) is 9.09. The lowest BCUT2D eigenvalue weighted by Gasteiger charge is -2.15. The molecule has 0 aliphatic heterocycles. The average molecular weight is 409 g/mol. The number of carboxylic acid groups (broad SMARTS) is 1. The van der Waals surface area contributed by atoms with Gasteiger partial charge in [-0.2, -0.15) is 0 Å². The summed E-state index contributed by atoms with van der Waals surface area (Å²) >= 11 is 0. The van der Waals surface area contributed by atoms with Gasteiger partial charge in [0.2, 0.25) is 0 Å². The summed E-state index contributed by atoms with van der Waals surface area (Å²) in [6, 6.07) is 16.1. The van der Waals surface area contributed by atoms with Gasteiger partial charge in [0.15, 0.2) is 5.78 Å². The third-order valence-electron chi connectivity index (χ3n) is 4.47. The summed E-state index contributed by atoms with van der Waals surface area (Å²) in [7, 11) is 0. The minimum absolute atomic E-state index is 0.0797. The molecule has 0 saturated heterocycles. The smallest absolute Gasteiger partial charge is 0.326 e. The van der Waals surface area contributed by atoms with E-state index in [1.807, 2.05) is 0 Å². The maximum Gasteiger partial charge on any atom is 0.326 e. The Labute approximate surface area is 171 Å². The van der Waals surface area contributed by atoms with Crippen molar-refractivity contribution in [2.45, 2.75) is 12.5 Å².